The van der Waals surface area contributed by atoms with Gasteiger partial charge in [-0.15, -0.1) is 10.8 Å². The molecule has 0 aromatic carbocycles. The normalized spacial score (nSPS) is 27.6. The van der Waals surface area contributed by atoms with Crippen molar-refractivity contribution in [2.75, 3.05) is 12.8 Å². The van der Waals surface area contributed by atoms with E-state index in [0.717, 1.165) is 18.6 Å². The summed E-state index contributed by atoms with van der Waals surface area (Å²) in [6, 6.07) is 1.75. The third-order valence-corrected chi connectivity index (χ3v) is 5.77. The van der Waals surface area contributed by atoms with Crippen molar-refractivity contribution in [1.29, 1.82) is 0 Å². The number of rotatable bonds is 4. The third kappa shape index (κ3) is 3.45. The van der Waals surface area contributed by atoms with E-state index < -0.39 is 10.8 Å². The van der Waals surface area contributed by atoms with E-state index in [-0.39, 0.29) is 18.0 Å². The first-order valence-electron chi connectivity index (χ1n) is 7.62. The van der Waals surface area contributed by atoms with E-state index >= 15 is 0 Å². The molecule has 1 aliphatic carbocycles. The lowest BCUT2D eigenvalue weighted by molar-refractivity contribution is 0.0903. The van der Waals surface area contributed by atoms with Crippen molar-refractivity contribution >= 4 is 16.7 Å². The second kappa shape index (κ2) is 5.84. The quantitative estimate of drug-likeness (QED) is 0.784. The van der Waals surface area contributed by atoms with Gasteiger partial charge in [0, 0.05) is 36.9 Å². The van der Waals surface area contributed by atoms with E-state index in [0.29, 0.717) is 31.0 Å². The molecule has 1 saturated heterocycles. The van der Waals surface area contributed by atoms with E-state index in [4.69, 9.17) is 4.52 Å². The summed E-state index contributed by atoms with van der Waals surface area (Å²) in [5, 5.41) is 6.81. The van der Waals surface area contributed by atoms with Gasteiger partial charge in [0.05, 0.1) is 0 Å². The molecular weight excluding hydrogens is 306 g/mol. The van der Waals surface area contributed by atoms with Crippen LogP contribution in [0.1, 0.15) is 54.8 Å². The summed E-state index contributed by atoms with van der Waals surface area (Å²) < 4.78 is 26.5. The highest BCUT2D eigenvalue weighted by atomic mass is 32.3. The minimum absolute atomic E-state index is 0.00776. The molecule has 2 aliphatic rings. The zero-order valence-electron chi connectivity index (χ0n) is 12.9. The van der Waals surface area contributed by atoms with Crippen LogP contribution in [0.3, 0.4) is 0 Å². The monoisotopic (exact) mass is 329 g/mol. The molecule has 3 N–H and O–H groups in total. The first-order chi connectivity index (χ1) is 10.3. The van der Waals surface area contributed by atoms with Crippen LogP contribution >= 0.6 is 10.8 Å². The van der Waals surface area contributed by atoms with Crippen LogP contribution in [0, 0.1) is 0 Å². The Morgan fingerprint density at radius 1 is 1.45 bits per heavy atom. The minimum atomic E-state index is -2.69. The highest BCUT2D eigenvalue weighted by molar-refractivity contribution is 8.21. The molecule has 22 heavy (non-hydrogen) atoms. The molecule has 124 valence electrons. The molecule has 0 radical (unpaired) electrons. The number of carbonyl (C=O) groups is 1. The van der Waals surface area contributed by atoms with Crippen molar-refractivity contribution in [3.63, 3.8) is 0 Å². The van der Waals surface area contributed by atoms with Crippen molar-refractivity contribution in [2.24, 2.45) is 0 Å². The molecule has 3 rings (SSSR count). The van der Waals surface area contributed by atoms with Gasteiger partial charge in [0.15, 0.2) is 5.69 Å². The fourth-order valence-corrected chi connectivity index (χ4v) is 4.23. The maximum Gasteiger partial charge on any atom is 0.273 e. The van der Waals surface area contributed by atoms with Crippen LogP contribution in [0.25, 0.3) is 0 Å². The summed E-state index contributed by atoms with van der Waals surface area (Å²) in [5.41, 5.74) is 0.330. The Kier molecular flexibility index (Phi) is 4.19. The molecule has 1 aromatic heterocycles. The van der Waals surface area contributed by atoms with Gasteiger partial charge in [-0.2, -0.15) is 0 Å². The Balaban J connectivity index is 1.56. The Morgan fingerprint density at radius 2 is 2.18 bits per heavy atom. The van der Waals surface area contributed by atoms with Crippen LogP contribution in [0.15, 0.2) is 10.6 Å². The lowest BCUT2D eigenvalue weighted by atomic mass is 10.0. The molecule has 1 aromatic rings. The predicted octanol–water partition coefficient (Wildman–Crippen LogP) is 2.43. The first-order valence-corrected chi connectivity index (χ1v) is 9.53. The van der Waals surface area contributed by atoms with Gasteiger partial charge in [0.2, 0.25) is 0 Å². The van der Waals surface area contributed by atoms with E-state index in [1.807, 2.05) is 6.92 Å². The molecule has 1 saturated carbocycles. The average molecular weight is 329 g/mol. The average Bonchev–Trinajstić information content (AvgIpc) is 3.14. The fourth-order valence-electron chi connectivity index (χ4n) is 3.01. The topological polar surface area (TPSA) is 98.8 Å². The maximum absolute atomic E-state index is 12.2. The highest BCUT2D eigenvalue weighted by Gasteiger charge is 2.33. The Hall–Kier alpha value is -1.09. The van der Waals surface area contributed by atoms with Gasteiger partial charge in [0.1, 0.15) is 5.76 Å². The number of carbonyl (C=O) groups excluding carboxylic acids is 1. The standard InChI is InChI=1S/C14H23N3O4S/c1-9-7-11(5-6-17(9)22(2,19)20)15-14(18)12-8-13(21-16-12)10-3-4-10/h8-11,19-20H,3-7H2,1-2H3,(H,15,18)/t9-,11+/m1/s1. The molecule has 0 bridgehead atoms. The molecule has 2 heterocycles. The lowest BCUT2D eigenvalue weighted by Crippen LogP contribution is -2.49. The van der Waals surface area contributed by atoms with Crippen molar-refractivity contribution in [1.82, 2.24) is 14.8 Å². The van der Waals surface area contributed by atoms with E-state index in [2.05, 4.69) is 10.5 Å². The number of nitrogens with one attached hydrogen (secondary N) is 1. The van der Waals surface area contributed by atoms with Crippen molar-refractivity contribution in [3.05, 3.63) is 17.5 Å². The third-order valence-electron chi connectivity index (χ3n) is 4.34. The zero-order valence-corrected chi connectivity index (χ0v) is 13.7. The second-order valence-electron chi connectivity index (χ2n) is 6.37. The Bertz CT molecular complexity index is 553. The van der Waals surface area contributed by atoms with Gasteiger partial charge in [-0.1, -0.05) is 5.16 Å². The highest BCUT2D eigenvalue weighted by Crippen LogP contribution is 2.43. The van der Waals surface area contributed by atoms with Gasteiger partial charge < -0.3 is 9.84 Å². The second-order valence-corrected chi connectivity index (χ2v) is 8.42. The molecule has 0 spiro atoms. The van der Waals surface area contributed by atoms with Gasteiger partial charge in [-0.25, -0.2) is 4.31 Å². The van der Waals surface area contributed by atoms with Crippen molar-refractivity contribution < 1.29 is 18.4 Å². The first kappa shape index (κ1) is 15.8. The van der Waals surface area contributed by atoms with Gasteiger partial charge in [-0.05, 0) is 32.6 Å². The van der Waals surface area contributed by atoms with Crippen LogP contribution in [0.2, 0.25) is 0 Å². The largest absolute Gasteiger partial charge is 0.360 e. The van der Waals surface area contributed by atoms with E-state index in [1.54, 1.807) is 10.4 Å². The molecule has 7 nitrogen and oxygen atoms in total. The summed E-state index contributed by atoms with van der Waals surface area (Å²) >= 11 is 0. The minimum Gasteiger partial charge on any atom is -0.360 e. The number of hydrogen-bond donors (Lipinski definition) is 3. The zero-order chi connectivity index (χ0) is 15.9. The molecule has 1 amide bonds. The Morgan fingerprint density at radius 3 is 2.77 bits per heavy atom. The summed E-state index contributed by atoms with van der Waals surface area (Å²) in [7, 11) is -2.69. The van der Waals surface area contributed by atoms with Crippen LogP contribution < -0.4 is 5.32 Å². The van der Waals surface area contributed by atoms with Crippen LogP contribution in [-0.4, -0.2) is 49.4 Å². The maximum atomic E-state index is 12.2. The molecule has 2 atom stereocenters. The van der Waals surface area contributed by atoms with Crippen LogP contribution in [-0.2, 0) is 0 Å². The van der Waals surface area contributed by atoms with E-state index in [9.17, 15) is 13.9 Å². The number of piperidine rings is 1. The SMILES string of the molecule is C[C@@H]1C[C@@H](NC(=O)c2cc(C3CC3)on2)CCN1S(C)(O)O. The van der Waals surface area contributed by atoms with Crippen molar-refractivity contribution in [2.45, 2.75) is 50.6 Å². The van der Waals surface area contributed by atoms with E-state index in [1.165, 1.54) is 6.26 Å². The fraction of sp³-hybridized carbons (Fsp3) is 0.714. The smallest absolute Gasteiger partial charge is 0.273 e. The number of nitrogens with zero attached hydrogens (tertiary/aromatic N) is 2. The lowest BCUT2D eigenvalue weighted by Gasteiger charge is -2.47. The molecule has 1 aliphatic heterocycles. The molecular formula is C14H23N3O4S. The van der Waals surface area contributed by atoms with Gasteiger partial charge in [-0.3, -0.25) is 13.9 Å². The van der Waals surface area contributed by atoms with Crippen LogP contribution in [0.5, 0.6) is 0 Å². The summed E-state index contributed by atoms with van der Waals surface area (Å²) in [6.45, 7) is 2.49. The summed E-state index contributed by atoms with van der Waals surface area (Å²) in [5.74, 6) is 1.02. The molecule has 2 fully saturated rings. The number of amides is 1. The number of hydrogen-bond acceptors (Lipinski definition) is 6. The van der Waals surface area contributed by atoms with Crippen LogP contribution in [0.4, 0.5) is 0 Å². The molecule has 0 unspecified atom stereocenters. The summed E-state index contributed by atoms with van der Waals surface area (Å²) in [4.78, 5) is 12.2. The Labute approximate surface area is 131 Å². The van der Waals surface area contributed by atoms with Gasteiger partial charge in [0.25, 0.3) is 5.91 Å². The number of aromatic nitrogens is 1. The van der Waals surface area contributed by atoms with Gasteiger partial charge >= 0.3 is 0 Å². The predicted molar refractivity (Wildman–Crippen MR) is 83.9 cm³/mol. The molecule has 8 heteroatoms. The summed E-state index contributed by atoms with van der Waals surface area (Å²) in [6.07, 6.45) is 5.03. The van der Waals surface area contributed by atoms with Crippen molar-refractivity contribution in [3.8, 4) is 0 Å².